The number of rotatable bonds is 7. The molecule has 1 aromatic carbocycles. The monoisotopic (exact) mass is 452 g/mol. The topological polar surface area (TPSA) is 61.6 Å². The van der Waals surface area contributed by atoms with Gasteiger partial charge in [0, 0.05) is 44.2 Å². The molecule has 1 N–H and O–H groups in total. The molecule has 5 rings (SSSR count). The van der Waals surface area contributed by atoms with Gasteiger partial charge in [-0.15, -0.1) is 0 Å². The number of carbonyl (C=O) groups is 1. The number of hydrogen-bond acceptors (Lipinski definition) is 6. The third-order valence-corrected chi connectivity index (χ3v) is 7.94. The van der Waals surface area contributed by atoms with E-state index in [4.69, 9.17) is 8.79 Å². The summed E-state index contributed by atoms with van der Waals surface area (Å²) in [5.41, 5.74) is 1.23. The van der Waals surface area contributed by atoms with E-state index >= 15 is 0 Å². The Morgan fingerprint density at radius 1 is 1.03 bits per heavy atom. The molecule has 0 atom stereocenters. The summed E-state index contributed by atoms with van der Waals surface area (Å²) in [6.45, 7) is 6.70. The van der Waals surface area contributed by atoms with E-state index in [1.807, 2.05) is 0 Å². The molecule has 1 aliphatic carbocycles. The van der Waals surface area contributed by atoms with E-state index in [-0.39, 0.29) is 11.9 Å². The molecule has 0 unspecified atom stereocenters. The van der Waals surface area contributed by atoms with Crippen LogP contribution in [0.3, 0.4) is 0 Å². The van der Waals surface area contributed by atoms with Gasteiger partial charge in [0.15, 0.2) is 5.76 Å². The van der Waals surface area contributed by atoms with Crippen molar-refractivity contribution in [3.63, 3.8) is 0 Å². The third-order valence-electron chi connectivity index (χ3n) is 7.07. The van der Waals surface area contributed by atoms with Gasteiger partial charge in [-0.3, -0.25) is 9.69 Å². The molecule has 7 heteroatoms. The van der Waals surface area contributed by atoms with Crippen LogP contribution in [0.5, 0.6) is 0 Å². The van der Waals surface area contributed by atoms with Crippen LogP contribution in [0.1, 0.15) is 48.4 Å². The van der Waals surface area contributed by atoms with Crippen molar-refractivity contribution in [1.29, 1.82) is 0 Å². The minimum Gasteiger partial charge on any atom is -0.459 e. The van der Waals surface area contributed by atoms with Gasteiger partial charge >= 0.3 is 0 Å². The van der Waals surface area contributed by atoms with Crippen molar-refractivity contribution in [2.75, 3.05) is 32.7 Å². The molecule has 1 amide bonds. The Hall–Kier alpha value is -2.22. The molecule has 6 nitrogen and oxygen atoms in total. The number of aromatic nitrogens is 1. The van der Waals surface area contributed by atoms with Crippen LogP contribution in [0, 0.1) is 5.92 Å². The van der Waals surface area contributed by atoms with E-state index in [2.05, 4.69) is 39.4 Å². The highest BCUT2D eigenvalue weighted by Gasteiger charge is 2.25. The molecule has 3 aromatic rings. The molecule has 1 aliphatic heterocycles. The molecule has 0 bridgehead atoms. The Morgan fingerprint density at radius 3 is 2.59 bits per heavy atom. The zero-order valence-electron chi connectivity index (χ0n) is 18.5. The van der Waals surface area contributed by atoms with Gasteiger partial charge in [0.25, 0.3) is 5.91 Å². The van der Waals surface area contributed by atoms with Crippen LogP contribution in [0.15, 0.2) is 47.1 Å². The highest BCUT2D eigenvalue weighted by molar-refractivity contribution is 7.13. The van der Waals surface area contributed by atoms with Gasteiger partial charge in [0.1, 0.15) is 0 Å². The van der Waals surface area contributed by atoms with Crippen LogP contribution < -0.4 is 5.32 Å². The molecule has 2 aliphatic rings. The Balaban J connectivity index is 0.999. The highest BCUT2D eigenvalue weighted by Crippen LogP contribution is 2.28. The third kappa shape index (κ3) is 5.22. The maximum Gasteiger partial charge on any atom is 0.287 e. The van der Waals surface area contributed by atoms with E-state index in [0.717, 1.165) is 51.5 Å². The van der Waals surface area contributed by atoms with Gasteiger partial charge in [0.05, 0.1) is 16.7 Å². The number of nitrogens with one attached hydrogen (secondary N) is 1. The summed E-state index contributed by atoms with van der Waals surface area (Å²) in [4.78, 5) is 17.3. The minimum atomic E-state index is -0.0815. The molecule has 170 valence electrons. The first-order chi connectivity index (χ1) is 15.7. The Kier molecular flexibility index (Phi) is 6.86. The lowest BCUT2D eigenvalue weighted by Gasteiger charge is -2.36. The normalized spacial score (nSPS) is 22.9. The lowest BCUT2D eigenvalue weighted by Crippen LogP contribution is -2.46. The van der Waals surface area contributed by atoms with Gasteiger partial charge in [0.2, 0.25) is 0 Å². The zero-order valence-corrected chi connectivity index (χ0v) is 19.4. The SMILES string of the molecule is O=C(NC1CCC(CCN2CCN(Cc3nsc4ccccc34)CC2)CC1)c1ccco1. The lowest BCUT2D eigenvalue weighted by molar-refractivity contribution is 0.0888. The van der Waals surface area contributed by atoms with Crippen LogP contribution in [0.2, 0.25) is 0 Å². The summed E-state index contributed by atoms with van der Waals surface area (Å²) in [5.74, 6) is 1.11. The summed E-state index contributed by atoms with van der Waals surface area (Å²) in [7, 11) is 0. The second-order valence-corrected chi connectivity index (χ2v) is 10.0. The van der Waals surface area contributed by atoms with Crippen LogP contribution in [0.25, 0.3) is 10.1 Å². The van der Waals surface area contributed by atoms with Gasteiger partial charge in [-0.05, 0) is 74.3 Å². The zero-order chi connectivity index (χ0) is 21.8. The molecule has 1 saturated carbocycles. The van der Waals surface area contributed by atoms with E-state index < -0.39 is 0 Å². The predicted octanol–water partition coefficient (Wildman–Crippen LogP) is 4.39. The lowest BCUT2D eigenvalue weighted by atomic mass is 9.84. The van der Waals surface area contributed by atoms with Crippen LogP contribution in [0.4, 0.5) is 0 Å². The number of benzene rings is 1. The van der Waals surface area contributed by atoms with Crippen molar-refractivity contribution in [2.45, 2.75) is 44.7 Å². The summed E-state index contributed by atoms with van der Waals surface area (Å²) in [6, 6.07) is 12.3. The van der Waals surface area contributed by atoms with Gasteiger partial charge in [-0.1, -0.05) is 18.2 Å². The first-order valence-electron chi connectivity index (χ1n) is 11.9. The number of amides is 1. The van der Waals surface area contributed by atoms with Gasteiger partial charge in [-0.2, -0.15) is 4.37 Å². The Labute approximate surface area is 193 Å². The largest absolute Gasteiger partial charge is 0.459 e. The maximum absolute atomic E-state index is 12.2. The summed E-state index contributed by atoms with van der Waals surface area (Å²) in [5, 5.41) is 4.44. The van der Waals surface area contributed by atoms with E-state index in [0.29, 0.717) is 5.76 Å². The number of piperazine rings is 1. The summed E-state index contributed by atoms with van der Waals surface area (Å²) in [6.07, 6.45) is 7.39. The number of carbonyl (C=O) groups excluding carboxylic acids is 1. The number of fused-ring (bicyclic) bond motifs is 1. The molecule has 0 spiro atoms. The second-order valence-electron chi connectivity index (χ2n) is 9.20. The first kappa shape index (κ1) is 21.6. The second kappa shape index (κ2) is 10.1. The highest BCUT2D eigenvalue weighted by atomic mass is 32.1. The molecule has 2 fully saturated rings. The molecule has 3 heterocycles. The van der Waals surface area contributed by atoms with Gasteiger partial charge < -0.3 is 14.6 Å². The van der Waals surface area contributed by atoms with Crippen molar-refractivity contribution in [3.8, 4) is 0 Å². The van der Waals surface area contributed by atoms with E-state index in [1.165, 1.54) is 41.6 Å². The molecular weight excluding hydrogens is 420 g/mol. The van der Waals surface area contributed by atoms with Crippen molar-refractivity contribution in [3.05, 3.63) is 54.1 Å². The molecule has 2 aromatic heterocycles. The van der Waals surface area contributed by atoms with Crippen molar-refractivity contribution in [1.82, 2.24) is 19.5 Å². The fourth-order valence-electron chi connectivity index (χ4n) is 5.06. The number of furan rings is 1. The van der Waals surface area contributed by atoms with Crippen molar-refractivity contribution >= 4 is 27.5 Å². The minimum absolute atomic E-state index is 0.0815. The fraction of sp³-hybridized carbons (Fsp3) is 0.520. The maximum atomic E-state index is 12.2. The van der Waals surface area contributed by atoms with Crippen LogP contribution in [-0.4, -0.2) is 58.8 Å². The van der Waals surface area contributed by atoms with Crippen LogP contribution >= 0.6 is 11.5 Å². The van der Waals surface area contributed by atoms with E-state index in [1.54, 1.807) is 29.9 Å². The summed E-state index contributed by atoms with van der Waals surface area (Å²) >= 11 is 1.61. The molecule has 32 heavy (non-hydrogen) atoms. The smallest absolute Gasteiger partial charge is 0.287 e. The standard InChI is InChI=1S/C25H32N4O2S/c30-25(23-5-3-17-31-23)26-20-9-7-19(8-10-20)11-12-28-13-15-29(16-14-28)18-22-21-4-1-2-6-24(21)32-27-22/h1-6,17,19-20H,7-16,18H2,(H,26,30). The molecular formula is C25H32N4O2S. The average molecular weight is 453 g/mol. The Bertz CT molecular complexity index is 1000. The first-order valence-corrected chi connectivity index (χ1v) is 12.6. The fourth-order valence-corrected chi connectivity index (χ4v) is 5.85. The quantitative estimate of drug-likeness (QED) is 0.576. The summed E-state index contributed by atoms with van der Waals surface area (Å²) < 4.78 is 11.2. The number of hydrogen-bond donors (Lipinski definition) is 1. The van der Waals surface area contributed by atoms with Crippen LogP contribution in [-0.2, 0) is 6.54 Å². The van der Waals surface area contributed by atoms with Crippen molar-refractivity contribution in [2.24, 2.45) is 5.92 Å². The molecule has 0 radical (unpaired) electrons. The molecule has 1 saturated heterocycles. The number of nitrogens with zero attached hydrogens (tertiary/aromatic N) is 3. The van der Waals surface area contributed by atoms with E-state index in [9.17, 15) is 4.79 Å². The van der Waals surface area contributed by atoms with Crippen molar-refractivity contribution < 1.29 is 9.21 Å². The average Bonchev–Trinajstić information content (AvgIpc) is 3.51. The Morgan fingerprint density at radius 2 is 1.81 bits per heavy atom. The van der Waals surface area contributed by atoms with Gasteiger partial charge in [-0.25, -0.2) is 0 Å². The predicted molar refractivity (Wildman–Crippen MR) is 128 cm³/mol.